The van der Waals surface area contributed by atoms with E-state index in [4.69, 9.17) is 5.11 Å². The van der Waals surface area contributed by atoms with Gasteiger partial charge in [0.1, 0.15) is 5.75 Å². The predicted octanol–water partition coefficient (Wildman–Crippen LogP) is 2.94. The highest BCUT2D eigenvalue weighted by Crippen LogP contribution is 2.37. The van der Waals surface area contributed by atoms with Crippen LogP contribution in [0.15, 0.2) is 18.2 Å². The predicted molar refractivity (Wildman–Crippen MR) is 72.2 cm³/mol. The number of halogens is 4. The summed E-state index contributed by atoms with van der Waals surface area (Å²) in [6, 6.07) is 2.88. The molecule has 24 heavy (non-hydrogen) atoms. The normalized spacial score (nSPS) is 19.8. The highest BCUT2D eigenvalue weighted by atomic mass is 19.3. The molecule has 2 atom stereocenters. The number of hydrogen-bond donors (Lipinski definition) is 2. The van der Waals surface area contributed by atoms with Gasteiger partial charge in [0.25, 0.3) is 0 Å². The van der Waals surface area contributed by atoms with Gasteiger partial charge in [0.05, 0.1) is 17.5 Å². The third-order valence-electron chi connectivity index (χ3n) is 3.58. The highest BCUT2D eigenvalue weighted by Gasteiger charge is 2.41. The van der Waals surface area contributed by atoms with Crippen molar-refractivity contribution < 1.29 is 41.7 Å². The average Bonchev–Trinajstić information content (AvgIpc) is 2.38. The number of aliphatic carboxylic acids is 1. The van der Waals surface area contributed by atoms with Gasteiger partial charge in [0, 0.05) is 6.07 Å². The molecule has 0 spiro atoms. The van der Waals surface area contributed by atoms with Crippen molar-refractivity contribution >= 4 is 17.6 Å². The Bertz CT molecular complexity index is 625. The van der Waals surface area contributed by atoms with E-state index in [9.17, 15) is 27.2 Å². The molecule has 1 aliphatic carbocycles. The molecule has 0 aromatic heterocycles. The third-order valence-corrected chi connectivity index (χ3v) is 3.58. The molecule has 0 saturated heterocycles. The van der Waals surface area contributed by atoms with Crippen LogP contribution >= 0.6 is 0 Å². The quantitative estimate of drug-likeness (QED) is 0.738. The van der Waals surface area contributed by atoms with E-state index >= 15 is 0 Å². The van der Waals surface area contributed by atoms with E-state index in [0.717, 1.165) is 18.2 Å². The van der Waals surface area contributed by atoms with Gasteiger partial charge in [-0.15, -0.1) is 0 Å². The average molecular weight is 351 g/mol. The first-order valence-electron chi connectivity index (χ1n) is 6.85. The zero-order chi connectivity index (χ0) is 17.9. The summed E-state index contributed by atoms with van der Waals surface area (Å²) in [5, 5.41) is 11.2. The molecule has 10 heteroatoms. The molecule has 1 saturated carbocycles. The van der Waals surface area contributed by atoms with Gasteiger partial charge in [-0.25, -0.2) is 0 Å². The third kappa shape index (κ3) is 4.27. The number of benzene rings is 1. The number of alkyl halides is 4. The zero-order valence-corrected chi connectivity index (χ0v) is 12.0. The van der Waals surface area contributed by atoms with Crippen LogP contribution in [0.25, 0.3) is 0 Å². The number of rotatable bonds is 7. The van der Waals surface area contributed by atoms with Crippen molar-refractivity contribution in [1.29, 1.82) is 0 Å². The van der Waals surface area contributed by atoms with Crippen molar-refractivity contribution in [3.63, 3.8) is 0 Å². The molecule has 2 unspecified atom stereocenters. The van der Waals surface area contributed by atoms with E-state index in [1.165, 1.54) is 0 Å². The second kappa shape index (κ2) is 7.37. The van der Waals surface area contributed by atoms with Crippen LogP contribution in [0.2, 0.25) is 0 Å². The summed E-state index contributed by atoms with van der Waals surface area (Å²) in [4.78, 5) is 23.0. The topological polar surface area (TPSA) is 84.9 Å². The minimum absolute atomic E-state index is 0.196. The molecule has 6 nitrogen and oxygen atoms in total. The monoisotopic (exact) mass is 351 g/mol. The molecule has 0 aliphatic heterocycles. The van der Waals surface area contributed by atoms with Crippen molar-refractivity contribution in [3.05, 3.63) is 18.2 Å². The summed E-state index contributed by atoms with van der Waals surface area (Å²) in [5.74, 6) is -4.42. The van der Waals surface area contributed by atoms with Crippen LogP contribution in [0.1, 0.15) is 12.8 Å². The Morgan fingerprint density at radius 1 is 1.08 bits per heavy atom. The van der Waals surface area contributed by atoms with E-state index in [1.54, 1.807) is 0 Å². The SMILES string of the molecule is O=C(O)C1CCC1C(=O)Nc1ccc(OC(F)F)cc1OC(F)F. The number of nitrogens with one attached hydrogen (secondary N) is 1. The van der Waals surface area contributed by atoms with Crippen LogP contribution < -0.4 is 14.8 Å². The van der Waals surface area contributed by atoms with Gasteiger partial charge in [-0.1, -0.05) is 0 Å². The van der Waals surface area contributed by atoms with Crippen LogP contribution in [0.4, 0.5) is 23.2 Å². The molecule has 2 rings (SSSR count). The zero-order valence-electron chi connectivity index (χ0n) is 12.0. The lowest BCUT2D eigenvalue weighted by Gasteiger charge is -2.32. The molecule has 2 N–H and O–H groups in total. The molecular formula is C14H13F4NO5. The Morgan fingerprint density at radius 2 is 1.71 bits per heavy atom. The van der Waals surface area contributed by atoms with E-state index in [2.05, 4.69) is 14.8 Å². The molecule has 0 heterocycles. The number of carboxylic acid groups (broad SMARTS) is 1. The Hall–Kier alpha value is -2.52. The Balaban J connectivity index is 2.15. The lowest BCUT2D eigenvalue weighted by atomic mass is 9.73. The summed E-state index contributed by atoms with van der Waals surface area (Å²) < 4.78 is 57.5. The standard InChI is InChI=1S/C14H13F4NO5/c15-13(16)23-6-1-4-9(10(5-6)24-14(17)18)19-11(20)7-2-3-8(7)12(21)22/h1,4-5,7-8,13-14H,2-3H2,(H,19,20)(H,21,22). The number of carboxylic acids is 1. The fraction of sp³-hybridized carbons (Fsp3) is 0.429. The number of anilines is 1. The van der Waals surface area contributed by atoms with Gasteiger partial charge in [0.2, 0.25) is 5.91 Å². The van der Waals surface area contributed by atoms with Gasteiger partial charge < -0.3 is 19.9 Å². The maximum Gasteiger partial charge on any atom is 0.387 e. The van der Waals surface area contributed by atoms with Gasteiger partial charge in [-0.3, -0.25) is 9.59 Å². The molecule has 1 fully saturated rings. The molecular weight excluding hydrogens is 338 g/mol. The molecule has 0 radical (unpaired) electrons. The number of hydrogen-bond acceptors (Lipinski definition) is 4. The number of amides is 1. The Morgan fingerprint density at radius 3 is 2.21 bits per heavy atom. The van der Waals surface area contributed by atoms with E-state index in [0.29, 0.717) is 12.8 Å². The second-order valence-corrected chi connectivity index (χ2v) is 5.03. The highest BCUT2D eigenvalue weighted by molar-refractivity contribution is 5.97. The first-order valence-corrected chi connectivity index (χ1v) is 6.85. The molecule has 1 aromatic rings. The molecule has 1 amide bonds. The van der Waals surface area contributed by atoms with Crippen molar-refractivity contribution in [2.24, 2.45) is 11.8 Å². The van der Waals surface area contributed by atoms with Crippen LogP contribution in [-0.4, -0.2) is 30.2 Å². The van der Waals surface area contributed by atoms with Gasteiger partial charge in [-0.05, 0) is 25.0 Å². The molecule has 0 bridgehead atoms. The lowest BCUT2D eigenvalue weighted by Crippen LogP contribution is -2.41. The summed E-state index contributed by atoms with van der Waals surface area (Å²) >= 11 is 0. The van der Waals surface area contributed by atoms with Gasteiger partial charge >= 0.3 is 19.2 Å². The molecule has 1 aromatic carbocycles. The van der Waals surface area contributed by atoms with Gasteiger partial charge in [-0.2, -0.15) is 17.6 Å². The van der Waals surface area contributed by atoms with Crippen molar-refractivity contribution in [2.75, 3.05) is 5.32 Å². The van der Waals surface area contributed by atoms with Gasteiger partial charge in [0.15, 0.2) is 5.75 Å². The minimum Gasteiger partial charge on any atom is -0.481 e. The fourth-order valence-corrected chi connectivity index (χ4v) is 2.31. The summed E-state index contributed by atoms with van der Waals surface area (Å²) in [5.41, 5.74) is -0.196. The largest absolute Gasteiger partial charge is 0.481 e. The van der Waals surface area contributed by atoms with Crippen molar-refractivity contribution in [1.82, 2.24) is 0 Å². The summed E-state index contributed by atoms with van der Waals surface area (Å²) in [6.45, 7) is -6.41. The number of ether oxygens (including phenoxy) is 2. The summed E-state index contributed by atoms with van der Waals surface area (Å²) in [7, 11) is 0. The van der Waals surface area contributed by atoms with Crippen LogP contribution in [-0.2, 0) is 9.59 Å². The maximum absolute atomic E-state index is 12.4. The minimum atomic E-state index is -3.25. The first-order chi connectivity index (χ1) is 11.3. The lowest BCUT2D eigenvalue weighted by molar-refractivity contribution is -0.151. The summed E-state index contributed by atoms with van der Waals surface area (Å²) in [6.07, 6.45) is 0.690. The second-order valence-electron chi connectivity index (χ2n) is 5.03. The Kier molecular flexibility index (Phi) is 5.47. The first kappa shape index (κ1) is 17.8. The van der Waals surface area contributed by atoms with E-state index < -0.39 is 48.4 Å². The number of carbonyl (C=O) groups excluding carboxylic acids is 1. The fourth-order valence-electron chi connectivity index (χ4n) is 2.31. The van der Waals surface area contributed by atoms with Crippen molar-refractivity contribution in [2.45, 2.75) is 26.1 Å². The van der Waals surface area contributed by atoms with E-state index in [1.807, 2.05) is 0 Å². The molecule has 132 valence electrons. The molecule has 1 aliphatic rings. The smallest absolute Gasteiger partial charge is 0.387 e. The Labute approximate surface area is 133 Å². The van der Waals surface area contributed by atoms with Crippen LogP contribution in [0.3, 0.4) is 0 Å². The van der Waals surface area contributed by atoms with E-state index in [-0.39, 0.29) is 5.69 Å². The maximum atomic E-state index is 12.4. The van der Waals surface area contributed by atoms with Crippen LogP contribution in [0.5, 0.6) is 11.5 Å². The number of carbonyl (C=O) groups is 2. The van der Waals surface area contributed by atoms with Crippen molar-refractivity contribution in [3.8, 4) is 11.5 Å². The van der Waals surface area contributed by atoms with Crippen LogP contribution in [0, 0.1) is 11.8 Å².